The van der Waals surface area contributed by atoms with Crippen molar-refractivity contribution in [2.24, 2.45) is 29.6 Å². The van der Waals surface area contributed by atoms with Gasteiger partial charge in [-0.3, -0.25) is 0 Å². The lowest BCUT2D eigenvalue weighted by molar-refractivity contribution is -0.373. The lowest BCUT2D eigenvalue weighted by Crippen LogP contribution is -2.60. The van der Waals surface area contributed by atoms with Gasteiger partial charge in [-0.05, 0) is 102 Å². The molecule has 6 bridgehead atoms. The summed E-state index contributed by atoms with van der Waals surface area (Å²) < 4.78 is 162. The Kier molecular flexibility index (Phi) is 13.0. The molecule has 5 atom stereocenters. The quantitative estimate of drug-likeness (QED) is 0.0869. The Hall–Kier alpha value is -3.29. The molecule has 0 aromatic rings. The van der Waals surface area contributed by atoms with Crippen molar-refractivity contribution in [3.63, 3.8) is 0 Å². The summed E-state index contributed by atoms with van der Waals surface area (Å²) >= 11 is 0. The SMILES string of the molecule is C=C(C(=O)OC12CC3CC(CC(O)(C3)C1)C2)C(F)(F)F.C=C(C(=O)OCC(=O)OC(C)(C)C)C(F)(F)F.OC(CC1CC2C=CC1C2)(C(F)(F)F)C(F)(F)F. The molecular formula is C35H42F12O8. The number of alkyl halides is 12. The van der Waals surface area contributed by atoms with Crippen LogP contribution in [0.25, 0.3) is 0 Å². The van der Waals surface area contributed by atoms with E-state index >= 15 is 0 Å². The van der Waals surface area contributed by atoms with E-state index < -0.39 is 95.1 Å². The summed E-state index contributed by atoms with van der Waals surface area (Å²) in [5.41, 5.74) is -10.3. The van der Waals surface area contributed by atoms with E-state index in [1.54, 1.807) is 26.8 Å². The van der Waals surface area contributed by atoms with Gasteiger partial charge in [-0.2, -0.15) is 52.7 Å². The number of carbonyl (C=O) groups is 3. The average Bonchev–Trinajstić information content (AvgIpc) is 3.59. The molecular weight excluding hydrogens is 776 g/mol. The molecule has 6 aliphatic carbocycles. The Morgan fingerprint density at radius 3 is 1.62 bits per heavy atom. The van der Waals surface area contributed by atoms with E-state index in [1.807, 2.05) is 6.08 Å². The highest BCUT2D eigenvalue weighted by atomic mass is 19.4. The van der Waals surface area contributed by atoms with Gasteiger partial charge in [0, 0.05) is 6.42 Å². The van der Waals surface area contributed by atoms with E-state index in [1.165, 1.54) is 0 Å². The first kappa shape index (κ1) is 46.1. The summed E-state index contributed by atoms with van der Waals surface area (Å²) in [6.07, 6.45) is -14.3. The van der Waals surface area contributed by atoms with Crippen LogP contribution in [-0.4, -0.2) is 81.8 Å². The highest BCUT2D eigenvalue weighted by molar-refractivity contribution is 5.90. The van der Waals surface area contributed by atoms with Crippen LogP contribution in [0, 0.1) is 29.6 Å². The van der Waals surface area contributed by atoms with Crippen LogP contribution in [0.4, 0.5) is 52.7 Å². The van der Waals surface area contributed by atoms with Gasteiger partial charge in [0.05, 0.1) is 5.60 Å². The fraction of sp³-hybridized carbons (Fsp3) is 0.743. The molecule has 6 aliphatic rings. The highest BCUT2D eigenvalue weighted by Crippen LogP contribution is 2.59. The molecule has 0 aromatic heterocycles. The van der Waals surface area contributed by atoms with Crippen molar-refractivity contribution in [3.8, 4) is 0 Å². The van der Waals surface area contributed by atoms with Crippen molar-refractivity contribution in [2.45, 2.75) is 126 Å². The Balaban J connectivity index is 0.000000223. The Bertz CT molecular complexity index is 1470. The summed E-state index contributed by atoms with van der Waals surface area (Å²) in [5, 5.41) is 19.5. The zero-order valence-corrected chi connectivity index (χ0v) is 29.9. The lowest BCUT2D eigenvalue weighted by atomic mass is 9.52. The number of carbonyl (C=O) groups excluding carboxylic acids is 3. The molecule has 20 heteroatoms. The number of allylic oxidation sites excluding steroid dienone is 2. The van der Waals surface area contributed by atoms with E-state index in [0.717, 1.165) is 6.42 Å². The first-order valence-electron chi connectivity index (χ1n) is 17.0. The Morgan fingerprint density at radius 2 is 1.24 bits per heavy atom. The molecule has 5 fully saturated rings. The number of hydrogen-bond donors (Lipinski definition) is 2. The van der Waals surface area contributed by atoms with Crippen molar-refractivity contribution in [1.82, 2.24) is 0 Å². The molecule has 0 amide bonds. The van der Waals surface area contributed by atoms with Gasteiger partial charge in [-0.25, -0.2) is 14.4 Å². The molecule has 2 N–H and O–H groups in total. The number of ether oxygens (including phenoxy) is 3. The molecule has 0 spiro atoms. The van der Waals surface area contributed by atoms with Crippen molar-refractivity contribution < 1.29 is 91.5 Å². The van der Waals surface area contributed by atoms with Crippen LogP contribution in [-0.2, 0) is 28.6 Å². The van der Waals surface area contributed by atoms with E-state index in [4.69, 9.17) is 14.6 Å². The maximum Gasteiger partial charge on any atom is 0.426 e. The van der Waals surface area contributed by atoms with Crippen molar-refractivity contribution in [1.29, 1.82) is 0 Å². The lowest BCUT2D eigenvalue weighted by Gasteiger charge is -2.59. The van der Waals surface area contributed by atoms with Crippen molar-refractivity contribution in [3.05, 3.63) is 36.5 Å². The summed E-state index contributed by atoms with van der Waals surface area (Å²) in [6, 6.07) is 0. The zero-order chi connectivity index (χ0) is 42.4. The number of esters is 3. The molecule has 5 unspecified atom stereocenters. The van der Waals surface area contributed by atoms with E-state index in [9.17, 15) is 72.2 Å². The fourth-order valence-electron chi connectivity index (χ4n) is 8.22. The summed E-state index contributed by atoms with van der Waals surface area (Å²) in [4.78, 5) is 33.5. The Morgan fingerprint density at radius 1 is 0.745 bits per heavy atom. The number of aliphatic hydroxyl groups is 2. The van der Waals surface area contributed by atoms with Gasteiger partial charge in [-0.1, -0.05) is 25.3 Å². The van der Waals surface area contributed by atoms with Gasteiger partial charge in [0.15, 0.2) is 6.61 Å². The van der Waals surface area contributed by atoms with Gasteiger partial charge < -0.3 is 24.4 Å². The molecule has 6 rings (SSSR count). The molecule has 0 aliphatic heterocycles. The van der Waals surface area contributed by atoms with Gasteiger partial charge in [-0.15, -0.1) is 0 Å². The normalized spacial score (nSPS) is 29.7. The largest absolute Gasteiger partial charge is 0.457 e. The fourth-order valence-corrected chi connectivity index (χ4v) is 8.22. The third-order valence-electron chi connectivity index (χ3n) is 10.1. The molecule has 55 heavy (non-hydrogen) atoms. The first-order valence-corrected chi connectivity index (χ1v) is 17.0. The van der Waals surface area contributed by atoms with E-state index in [2.05, 4.69) is 17.9 Å². The Labute approximate surface area is 307 Å². The minimum Gasteiger partial charge on any atom is -0.457 e. The van der Waals surface area contributed by atoms with Crippen LogP contribution in [0.3, 0.4) is 0 Å². The predicted octanol–water partition coefficient (Wildman–Crippen LogP) is 8.17. The van der Waals surface area contributed by atoms with Crippen LogP contribution in [0.15, 0.2) is 36.5 Å². The monoisotopic (exact) mass is 818 g/mol. The topological polar surface area (TPSA) is 119 Å². The third kappa shape index (κ3) is 11.6. The van der Waals surface area contributed by atoms with Crippen LogP contribution < -0.4 is 0 Å². The molecule has 5 saturated carbocycles. The van der Waals surface area contributed by atoms with Crippen LogP contribution in [0.5, 0.6) is 0 Å². The maximum atomic E-state index is 12.5. The predicted molar refractivity (Wildman–Crippen MR) is 166 cm³/mol. The average molecular weight is 819 g/mol. The van der Waals surface area contributed by atoms with Gasteiger partial charge >= 0.3 is 42.6 Å². The van der Waals surface area contributed by atoms with Crippen LogP contribution >= 0.6 is 0 Å². The van der Waals surface area contributed by atoms with Gasteiger partial charge in [0.25, 0.3) is 5.60 Å². The smallest absolute Gasteiger partial charge is 0.426 e. The van der Waals surface area contributed by atoms with E-state index in [0.29, 0.717) is 32.1 Å². The van der Waals surface area contributed by atoms with Crippen molar-refractivity contribution in [2.75, 3.05) is 6.61 Å². The van der Waals surface area contributed by atoms with Crippen LogP contribution in [0.2, 0.25) is 0 Å². The molecule has 314 valence electrons. The van der Waals surface area contributed by atoms with Gasteiger partial charge in [0.2, 0.25) is 0 Å². The second-order valence-electron chi connectivity index (χ2n) is 16.0. The van der Waals surface area contributed by atoms with E-state index in [-0.39, 0.29) is 36.5 Å². The van der Waals surface area contributed by atoms with Crippen LogP contribution in [0.1, 0.15) is 78.6 Å². The number of rotatable bonds is 7. The molecule has 0 radical (unpaired) electrons. The van der Waals surface area contributed by atoms with Gasteiger partial charge in [0.1, 0.15) is 22.3 Å². The summed E-state index contributed by atoms with van der Waals surface area (Å²) in [6.45, 7) is 9.13. The third-order valence-corrected chi connectivity index (χ3v) is 10.1. The first-order chi connectivity index (χ1) is 24.6. The zero-order valence-electron chi connectivity index (χ0n) is 29.9. The number of fused-ring (bicyclic) bond motifs is 2. The molecule has 0 aromatic carbocycles. The molecule has 0 saturated heterocycles. The summed E-state index contributed by atoms with van der Waals surface area (Å²) in [5.74, 6) is -4.50. The van der Waals surface area contributed by atoms with Crippen molar-refractivity contribution >= 4 is 17.9 Å². The standard InChI is InChI=1S/C14H17F3O3.C11H12F6O.C10H13F3O4/c1-8(14(15,16)17)11(18)20-13-5-9-2-10(6-13)4-12(19,3-9)7-13;12-10(13,14)9(18,11(15,16)17)5-8-4-6-1-2-7(8)3-6;1-6(10(11,12)13)8(15)16-5-7(14)17-9(2,3)4/h9-10,19H,1-7H2;1-2,6-8,18H,3-5H2;1,5H2,2-4H3. The molecule has 8 nitrogen and oxygen atoms in total. The number of hydrogen-bond acceptors (Lipinski definition) is 8. The number of halogens is 12. The maximum absolute atomic E-state index is 12.5. The second-order valence-corrected chi connectivity index (χ2v) is 16.0. The minimum absolute atomic E-state index is 0.0608. The minimum atomic E-state index is -5.70. The second kappa shape index (κ2) is 15.6. The highest BCUT2D eigenvalue weighted by Gasteiger charge is 2.71. The molecule has 0 heterocycles. The summed E-state index contributed by atoms with van der Waals surface area (Å²) in [7, 11) is 0.